The van der Waals surface area contributed by atoms with E-state index in [-0.39, 0.29) is 18.9 Å². The molecule has 0 unspecified atom stereocenters. The number of nitrogens with zero attached hydrogens (tertiary/aromatic N) is 4. The highest BCUT2D eigenvalue weighted by Crippen LogP contribution is 2.33. The molecule has 0 bridgehead atoms. The van der Waals surface area contributed by atoms with Crippen LogP contribution in [0.2, 0.25) is 0 Å². The minimum atomic E-state index is -0.691. The van der Waals surface area contributed by atoms with Crippen LogP contribution in [0.1, 0.15) is 87.9 Å². The summed E-state index contributed by atoms with van der Waals surface area (Å²) in [4.78, 5) is 42.3. The molecule has 1 saturated carbocycles. The molecule has 42 heavy (non-hydrogen) atoms. The van der Waals surface area contributed by atoms with E-state index in [4.69, 9.17) is 19.4 Å². The molecule has 0 amide bonds. The van der Waals surface area contributed by atoms with Gasteiger partial charge in [-0.3, -0.25) is 9.59 Å². The molecule has 2 aromatic heterocycles. The molecule has 2 N–H and O–H groups in total. The van der Waals surface area contributed by atoms with Gasteiger partial charge in [-0.25, -0.2) is 15.0 Å². The molecule has 10 heteroatoms. The number of aromatic nitrogens is 3. The van der Waals surface area contributed by atoms with Gasteiger partial charge in [-0.2, -0.15) is 0 Å². The Morgan fingerprint density at radius 2 is 1.86 bits per heavy atom. The van der Waals surface area contributed by atoms with Crippen molar-refractivity contribution < 1.29 is 19.1 Å². The van der Waals surface area contributed by atoms with Crippen LogP contribution in [-0.4, -0.2) is 65.3 Å². The third kappa shape index (κ3) is 7.89. The van der Waals surface area contributed by atoms with Crippen molar-refractivity contribution in [2.75, 3.05) is 48.3 Å². The number of ether oxygens (including phenoxy) is 2. The van der Waals surface area contributed by atoms with Crippen LogP contribution in [-0.2, 0) is 25.5 Å². The Bertz CT molecular complexity index is 1280. The predicted octanol–water partition coefficient (Wildman–Crippen LogP) is 4.94. The van der Waals surface area contributed by atoms with Crippen LogP contribution in [0.4, 0.5) is 17.5 Å². The normalized spacial score (nSPS) is 18.1. The standard InChI is InChI=1S/C32H46N6O4/c1-20-28(34-18-25(31(40)42-32(3,4)5)17-27(39)41-19-22-8-9-22)35-21(2)36-30(20)38-15-12-23(13-16-38)26-11-10-24-7-6-14-33-29(24)37-26/h10-11,22-23,25H,6-9,12-19H2,1-5H3,(H,33,37)(H,34,35,36)/t25-/m0/s1. The zero-order valence-electron chi connectivity index (χ0n) is 25.8. The number of pyridine rings is 1. The van der Waals surface area contributed by atoms with E-state index in [1.807, 2.05) is 34.6 Å². The van der Waals surface area contributed by atoms with Gasteiger partial charge >= 0.3 is 11.9 Å². The average molecular weight is 579 g/mol. The Morgan fingerprint density at radius 3 is 2.57 bits per heavy atom. The van der Waals surface area contributed by atoms with Crippen molar-refractivity contribution in [3.05, 3.63) is 34.8 Å². The molecule has 2 aromatic rings. The van der Waals surface area contributed by atoms with E-state index >= 15 is 0 Å². The van der Waals surface area contributed by atoms with Crippen molar-refractivity contribution in [1.82, 2.24) is 15.0 Å². The monoisotopic (exact) mass is 578 g/mol. The average Bonchev–Trinajstić information content (AvgIpc) is 3.79. The van der Waals surface area contributed by atoms with Gasteiger partial charge in [0.25, 0.3) is 0 Å². The van der Waals surface area contributed by atoms with Crippen LogP contribution in [0.15, 0.2) is 12.1 Å². The summed E-state index contributed by atoms with van der Waals surface area (Å²) in [5, 5.41) is 6.80. The predicted molar refractivity (Wildman–Crippen MR) is 163 cm³/mol. The molecule has 0 spiro atoms. The lowest BCUT2D eigenvalue weighted by Gasteiger charge is -2.34. The Morgan fingerprint density at radius 1 is 1.10 bits per heavy atom. The number of carbonyl (C=O) groups is 2. The Kier molecular flexibility index (Phi) is 9.18. The summed E-state index contributed by atoms with van der Waals surface area (Å²) in [6.45, 7) is 12.8. The van der Waals surface area contributed by atoms with Gasteiger partial charge in [-0.1, -0.05) is 6.07 Å². The number of nitrogens with one attached hydrogen (secondary N) is 2. The summed E-state index contributed by atoms with van der Waals surface area (Å²) >= 11 is 0. The van der Waals surface area contributed by atoms with E-state index < -0.39 is 17.5 Å². The maximum Gasteiger partial charge on any atom is 0.311 e. The molecule has 228 valence electrons. The van der Waals surface area contributed by atoms with Crippen LogP contribution in [0.3, 0.4) is 0 Å². The molecule has 3 aliphatic rings. The fourth-order valence-electron chi connectivity index (χ4n) is 5.65. The van der Waals surface area contributed by atoms with Crippen LogP contribution in [0.25, 0.3) is 0 Å². The van der Waals surface area contributed by atoms with Gasteiger partial charge in [0, 0.05) is 43.4 Å². The molecule has 0 radical (unpaired) electrons. The van der Waals surface area contributed by atoms with Gasteiger partial charge in [0.2, 0.25) is 0 Å². The van der Waals surface area contributed by atoms with Crippen LogP contribution < -0.4 is 15.5 Å². The molecular formula is C32H46N6O4. The largest absolute Gasteiger partial charge is 0.465 e. The number of aryl methyl sites for hydroxylation is 2. The van der Waals surface area contributed by atoms with Crippen molar-refractivity contribution >= 4 is 29.4 Å². The molecule has 10 nitrogen and oxygen atoms in total. The summed E-state index contributed by atoms with van der Waals surface area (Å²) in [5.41, 5.74) is 2.76. The third-order valence-electron chi connectivity index (χ3n) is 8.21. The second-order valence-electron chi connectivity index (χ2n) is 13.0. The molecule has 2 fully saturated rings. The first-order valence-corrected chi connectivity index (χ1v) is 15.5. The number of esters is 2. The van der Waals surface area contributed by atoms with E-state index in [0.29, 0.717) is 30.1 Å². The third-order valence-corrected chi connectivity index (χ3v) is 8.21. The van der Waals surface area contributed by atoms with Gasteiger partial charge < -0.3 is 25.0 Å². The highest BCUT2D eigenvalue weighted by atomic mass is 16.6. The van der Waals surface area contributed by atoms with Crippen LogP contribution in [0, 0.1) is 25.7 Å². The summed E-state index contributed by atoms with van der Waals surface area (Å²) < 4.78 is 11.1. The number of fused-ring (bicyclic) bond motifs is 1. The number of hydrogen-bond acceptors (Lipinski definition) is 10. The Hall–Kier alpha value is -3.43. The summed E-state index contributed by atoms with van der Waals surface area (Å²) in [6.07, 6.45) is 6.42. The van der Waals surface area contributed by atoms with E-state index in [2.05, 4.69) is 32.7 Å². The van der Waals surface area contributed by atoms with Crippen molar-refractivity contribution in [3.8, 4) is 0 Å². The first-order chi connectivity index (χ1) is 20.1. The van der Waals surface area contributed by atoms with E-state index in [1.165, 1.54) is 11.3 Å². The second-order valence-corrected chi connectivity index (χ2v) is 13.0. The highest BCUT2D eigenvalue weighted by molar-refractivity contribution is 5.81. The van der Waals surface area contributed by atoms with E-state index in [1.54, 1.807) is 0 Å². The van der Waals surface area contributed by atoms with Crippen LogP contribution in [0.5, 0.6) is 0 Å². The topological polar surface area (TPSA) is 119 Å². The quantitative estimate of drug-likeness (QED) is 0.375. The smallest absolute Gasteiger partial charge is 0.311 e. The van der Waals surface area contributed by atoms with Gasteiger partial charge in [-0.05, 0) is 90.7 Å². The van der Waals surface area contributed by atoms with Crippen molar-refractivity contribution in [2.45, 2.75) is 91.1 Å². The highest BCUT2D eigenvalue weighted by Gasteiger charge is 2.31. The zero-order chi connectivity index (χ0) is 29.9. The fraction of sp³-hybridized carbons (Fsp3) is 0.656. The first-order valence-electron chi connectivity index (χ1n) is 15.5. The maximum atomic E-state index is 13.0. The van der Waals surface area contributed by atoms with Crippen molar-refractivity contribution in [3.63, 3.8) is 0 Å². The van der Waals surface area contributed by atoms with E-state index in [0.717, 1.165) is 75.4 Å². The molecule has 2 aliphatic heterocycles. The summed E-state index contributed by atoms with van der Waals surface area (Å²) in [6, 6.07) is 4.44. The number of piperidine rings is 1. The minimum Gasteiger partial charge on any atom is -0.465 e. The Balaban J connectivity index is 1.23. The molecule has 5 rings (SSSR count). The van der Waals surface area contributed by atoms with Gasteiger partial charge in [0.05, 0.1) is 18.9 Å². The number of carbonyl (C=O) groups excluding carboxylic acids is 2. The SMILES string of the molecule is Cc1nc(NC[C@H](CC(=O)OCC2CC2)C(=O)OC(C)(C)C)c(C)c(N2CCC(c3ccc4c(n3)NCCC4)CC2)n1. The summed E-state index contributed by atoms with van der Waals surface area (Å²) in [7, 11) is 0. The molecule has 1 aliphatic carbocycles. The molecule has 0 aromatic carbocycles. The molecule has 4 heterocycles. The van der Waals surface area contributed by atoms with Gasteiger partial charge in [0.1, 0.15) is 28.9 Å². The lowest BCUT2D eigenvalue weighted by atomic mass is 9.92. The molecule has 1 atom stereocenters. The fourth-order valence-corrected chi connectivity index (χ4v) is 5.65. The zero-order valence-corrected chi connectivity index (χ0v) is 25.8. The van der Waals surface area contributed by atoms with Gasteiger partial charge in [0.15, 0.2) is 0 Å². The lowest BCUT2D eigenvalue weighted by molar-refractivity contribution is -0.163. The Labute approximate surface area is 249 Å². The lowest BCUT2D eigenvalue weighted by Crippen LogP contribution is -2.35. The van der Waals surface area contributed by atoms with Gasteiger partial charge in [-0.15, -0.1) is 0 Å². The van der Waals surface area contributed by atoms with Crippen molar-refractivity contribution in [2.24, 2.45) is 11.8 Å². The van der Waals surface area contributed by atoms with Crippen molar-refractivity contribution in [1.29, 1.82) is 0 Å². The minimum absolute atomic E-state index is 0.0373. The number of hydrogen-bond donors (Lipinski definition) is 2. The molecular weight excluding hydrogens is 532 g/mol. The maximum absolute atomic E-state index is 13.0. The molecule has 1 saturated heterocycles. The van der Waals surface area contributed by atoms with Crippen LogP contribution >= 0.6 is 0 Å². The number of anilines is 3. The summed E-state index contributed by atoms with van der Waals surface area (Å²) in [5.74, 6) is 2.68. The van der Waals surface area contributed by atoms with E-state index in [9.17, 15) is 9.59 Å². The number of rotatable bonds is 10. The first kappa shape index (κ1) is 30.0. The second kappa shape index (κ2) is 12.8.